The molecule has 1 aromatic carbocycles. The van der Waals surface area contributed by atoms with Crippen molar-refractivity contribution in [3.63, 3.8) is 0 Å². The second kappa shape index (κ2) is 5.97. The molecule has 1 atom stereocenters. The van der Waals surface area contributed by atoms with Gasteiger partial charge >= 0.3 is 5.97 Å². The molecule has 1 rings (SSSR count). The first kappa shape index (κ1) is 16.7. The standard InChI is InChI=1S/C15H25NO3Si/c1-15(2,3)20(4,5)19-12-8-6-11(7-9-12)10-13(16)14(17)18/h6-9,13H,10,16H2,1-5H3,(H,17,18). The molecule has 0 aromatic heterocycles. The minimum atomic E-state index is -1.83. The number of carboxylic acid groups (broad SMARTS) is 1. The second-order valence-corrected chi connectivity index (χ2v) is 11.4. The topological polar surface area (TPSA) is 72.5 Å². The van der Waals surface area contributed by atoms with Gasteiger partial charge in [0.05, 0.1) is 0 Å². The van der Waals surface area contributed by atoms with Crippen LogP contribution in [-0.2, 0) is 11.2 Å². The lowest BCUT2D eigenvalue weighted by molar-refractivity contribution is -0.138. The number of rotatable bonds is 5. The number of carboxylic acids is 1. The molecule has 5 heteroatoms. The van der Waals surface area contributed by atoms with Gasteiger partial charge in [-0.1, -0.05) is 32.9 Å². The highest BCUT2D eigenvalue weighted by Crippen LogP contribution is 2.37. The molecule has 0 spiro atoms. The van der Waals surface area contributed by atoms with Gasteiger partial charge in [-0.15, -0.1) is 0 Å². The quantitative estimate of drug-likeness (QED) is 0.819. The van der Waals surface area contributed by atoms with Crippen molar-refractivity contribution in [1.82, 2.24) is 0 Å². The fourth-order valence-electron chi connectivity index (χ4n) is 1.48. The van der Waals surface area contributed by atoms with Crippen molar-refractivity contribution in [2.45, 2.75) is 51.4 Å². The third kappa shape index (κ3) is 4.35. The molecule has 0 saturated carbocycles. The van der Waals surface area contributed by atoms with E-state index >= 15 is 0 Å². The van der Waals surface area contributed by atoms with Gasteiger partial charge in [0.25, 0.3) is 0 Å². The molecule has 0 fully saturated rings. The molecule has 1 unspecified atom stereocenters. The van der Waals surface area contributed by atoms with Gasteiger partial charge in [-0.2, -0.15) is 0 Å². The molecule has 0 saturated heterocycles. The molecular weight excluding hydrogens is 270 g/mol. The fourth-order valence-corrected chi connectivity index (χ4v) is 2.51. The number of aliphatic carboxylic acids is 1. The third-order valence-electron chi connectivity index (χ3n) is 3.88. The van der Waals surface area contributed by atoms with Crippen molar-refractivity contribution in [2.24, 2.45) is 5.73 Å². The minimum Gasteiger partial charge on any atom is -0.544 e. The smallest absolute Gasteiger partial charge is 0.320 e. The van der Waals surface area contributed by atoms with Gasteiger partial charge in [0.2, 0.25) is 8.32 Å². The van der Waals surface area contributed by atoms with Crippen molar-refractivity contribution in [3.05, 3.63) is 29.8 Å². The van der Waals surface area contributed by atoms with Crippen molar-refractivity contribution in [3.8, 4) is 5.75 Å². The maximum absolute atomic E-state index is 10.7. The highest BCUT2D eigenvalue weighted by atomic mass is 28.4. The van der Waals surface area contributed by atoms with Gasteiger partial charge < -0.3 is 15.3 Å². The average molecular weight is 295 g/mol. The van der Waals surface area contributed by atoms with Crippen LogP contribution in [0, 0.1) is 0 Å². The van der Waals surface area contributed by atoms with Crippen molar-refractivity contribution >= 4 is 14.3 Å². The summed E-state index contributed by atoms with van der Waals surface area (Å²) < 4.78 is 6.17. The Labute approximate surface area is 122 Å². The van der Waals surface area contributed by atoms with E-state index < -0.39 is 20.3 Å². The van der Waals surface area contributed by atoms with E-state index in [1.807, 2.05) is 24.3 Å². The summed E-state index contributed by atoms with van der Waals surface area (Å²) in [5, 5.41) is 8.95. The average Bonchev–Trinajstić information content (AvgIpc) is 2.29. The number of nitrogens with two attached hydrogens (primary N) is 1. The van der Waals surface area contributed by atoms with Crippen LogP contribution in [0.4, 0.5) is 0 Å². The largest absolute Gasteiger partial charge is 0.544 e. The Kier molecular flexibility index (Phi) is 4.99. The van der Waals surface area contributed by atoms with Crippen LogP contribution < -0.4 is 10.2 Å². The highest BCUT2D eigenvalue weighted by molar-refractivity contribution is 6.74. The zero-order valence-corrected chi connectivity index (χ0v) is 13.9. The van der Waals surface area contributed by atoms with Gasteiger partial charge in [0.1, 0.15) is 11.8 Å². The third-order valence-corrected chi connectivity index (χ3v) is 8.23. The Morgan fingerprint density at radius 1 is 1.30 bits per heavy atom. The first-order valence-electron chi connectivity index (χ1n) is 6.79. The van der Waals surface area contributed by atoms with Gasteiger partial charge in [-0.25, -0.2) is 0 Å². The zero-order valence-electron chi connectivity index (χ0n) is 12.9. The molecule has 112 valence electrons. The van der Waals surface area contributed by atoms with Crippen LogP contribution in [0.25, 0.3) is 0 Å². The van der Waals surface area contributed by atoms with Gasteiger partial charge in [0.15, 0.2) is 0 Å². The Morgan fingerprint density at radius 3 is 2.20 bits per heavy atom. The van der Waals surface area contributed by atoms with Crippen LogP contribution in [0.5, 0.6) is 5.75 Å². The molecule has 0 aliphatic carbocycles. The van der Waals surface area contributed by atoms with E-state index in [2.05, 4.69) is 33.9 Å². The van der Waals surface area contributed by atoms with Gasteiger partial charge in [-0.3, -0.25) is 4.79 Å². The maximum atomic E-state index is 10.7. The molecule has 4 nitrogen and oxygen atoms in total. The summed E-state index contributed by atoms with van der Waals surface area (Å²) in [4.78, 5) is 10.7. The lowest BCUT2D eigenvalue weighted by Gasteiger charge is -2.36. The predicted octanol–water partition coefficient (Wildman–Crippen LogP) is 3.03. The van der Waals surface area contributed by atoms with E-state index in [9.17, 15) is 4.79 Å². The molecule has 0 heterocycles. The Hall–Kier alpha value is -1.33. The summed E-state index contributed by atoms with van der Waals surface area (Å²) in [7, 11) is -1.83. The molecule has 0 aliphatic heterocycles. The molecule has 0 bridgehead atoms. The number of hydrogen-bond acceptors (Lipinski definition) is 3. The molecule has 1 aromatic rings. The Morgan fingerprint density at radius 2 is 1.80 bits per heavy atom. The van der Waals surface area contributed by atoms with E-state index in [0.29, 0.717) is 6.42 Å². The molecule has 0 amide bonds. The van der Waals surface area contributed by atoms with E-state index in [4.69, 9.17) is 15.3 Å². The minimum absolute atomic E-state index is 0.150. The van der Waals surface area contributed by atoms with Crippen LogP contribution in [0.1, 0.15) is 26.3 Å². The lowest BCUT2D eigenvalue weighted by Crippen LogP contribution is -2.43. The summed E-state index contributed by atoms with van der Waals surface area (Å²) in [6, 6.07) is 6.69. The van der Waals surface area contributed by atoms with E-state index in [-0.39, 0.29) is 5.04 Å². The number of benzene rings is 1. The van der Waals surface area contributed by atoms with Gasteiger partial charge in [-0.05, 0) is 42.2 Å². The molecule has 0 radical (unpaired) electrons. The number of hydrogen-bond donors (Lipinski definition) is 2. The van der Waals surface area contributed by atoms with Crippen LogP contribution in [0.3, 0.4) is 0 Å². The van der Waals surface area contributed by atoms with Crippen LogP contribution in [-0.4, -0.2) is 25.4 Å². The highest BCUT2D eigenvalue weighted by Gasteiger charge is 2.38. The molecule has 0 aliphatic rings. The fraction of sp³-hybridized carbons (Fsp3) is 0.533. The van der Waals surface area contributed by atoms with E-state index in [1.54, 1.807) is 0 Å². The first-order valence-corrected chi connectivity index (χ1v) is 9.70. The summed E-state index contributed by atoms with van der Waals surface area (Å²) in [6.07, 6.45) is 0.329. The summed E-state index contributed by atoms with van der Waals surface area (Å²) in [6.45, 7) is 11.0. The van der Waals surface area contributed by atoms with Crippen LogP contribution in [0.15, 0.2) is 24.3 Å². The Balaban J connectivity index is 2.75. The van der Waals surface area contributed by atoms with Crippen LogP contribution in [0.2, 0.25) is 18.1 Å². The molecule has 3 N–H and O–H groups in total. The zero-order chi connectivity index (χ0) is 15.6. The SMILES string of the molecule is CC(C)(C)[Si](C)(C)Oc1ccc(CC(N)C(=O)O)cc1. The van der Waals surface area contributed by atoms with Crippen molar-refractivity contribution in [1.29, 1.82) is 0 Å². The monoisotopic (exact) mass is 295 g/mol. The predicted molar refractivity (Wildman–Crippen MR) is 83.6 cm³/mol. The van der Waals surface area contributed by atoms with Gasteiger partial charge in [0, 0.05) is 0 Å². The normalized spacial score (nSPS) is 13.9. The lowest BCUT2D eigenvalue weighted by atomic mass is 10.1. The summed E-state index contributed by atoms with van der Waals surface area (Å²) >= 11 is 0. The number of carbonyl (C=O) groups is 1. The summed E-state index contributed by atoms with van der Waals surface area (Å²) in [5.74, 6) is -0.143. The van der Waals surface area contributed by atoms with E-state index in [1.165, 1.54) is 0 Å². The maximum Gasteiger partial charge on any atom is 0.320 e. The molecule has 20 heavy (non-hydrogen) atoms. The van der Waals surface area contributed by atoms with E-state index in [0.717, 1.165) is 11.3 Å². The summed E-state index contributed by atoms with van der Waals surface area (Å²) in [5.41, 5.74) is 6.43. The van der Waals surface area contributed by atoms with Crippen molar-refractivity contribution in [2.75, 3.05) is 0 Å². The van der Waals surface area contributed by atoms with Crippen molar-refractivity contribution < 1.29 is 14.3 Å². The van der Waals surface area contributed by atoms with Crippen LogP contribution >= 0.6 is 0 Å². The Bertz CT molecular complexity index is 463. The molecular formula is C15H25NO3Si. The second-order valence-electron chi connectivity index (χ2n) is 6.66. The first-order chi connectivity index (χ1) is 9.03.